The van der Waals surface area contributed by atoms with E-state index in [-0.39, 0.29) is 18.0 Å². The molecular weight excluding hydrogens is 474 g/mol. The number of rotatable bonds is 7. The maximum atomic E-state index is 13.6. The Morgan fingerprint density at radius 3 is 2.53 bits per heavy atom. The molecule has 2 saturated heterocycles. The smallest absolute Gasteiger partial charge is 0.243 e. The van der Waals surface area contributed by atoms with Crippen molar-refractivity contribution >= 4 is 33.3 Å². The Hall–Kier alpha value is -2.37. The molecule has 4 heterocycles. The van der Waals surface area contributed by atoms with E-state index in [0.717, 1.165) is 69.5 Å². The first kappa shape index (κ1) is 25.3. The van der Waals surface area contributed by atoms with Crippen LogP contribution in [0, 0.1) is 11.3 Å². The summed E-state index contributed by atoms with van der Waals surface area (Å²) in [5.41, 5.74) is 0.377. The molecule has 2 aliphatic heterocycles. The first-order chi connectivity index (χ1) is 17.4. The highest BCUT2D eigenvalue weighted by molar-refractivity contribution is 7.19. The lowest BCUT2D eigenvalue weighted by molar-refractivity contribution is -0.125. The van der Waals surface area contributed by atoms with Crippen molar-refractivity contribution in [3.8, 4) is 0 Å². The van der Waals surface area contributed by atoms with Crippen molar-refractivity contribution in [3.05, 3.63) is 18.3 Å². The van der Waals surface area contributed by atoms with Crippen molar-refractivity contribution in [3.63, 3.8) is 0 Å². The fourth-order valence-corrected chi connectivity index (χ4v) is 6.47. The van der Waals surface area contributed by atoms with Gasteiger partial charge < -0.3 is 15.1 Å². The van der Waals surface area contributed by atoms with Crippen molar-refractivity contribution in [1.29, 1.82) is 0 Å². The summed E-state index contributed by atoms with van der Waals surface area (Å²) in [6.45, 7) is 10.3. The average molecular weight is 514 g/mol. The van der Waals surface area contributed by atoms with Crippen molar-refractivity contribution in [2.24, 2.45) is 11.3 Å². The molecule has 36 heavy (non-hydrogen) atoms. The summed E-state index contributed by atoms with van der Waals surface area (Å²) in [5.74, 6) is 1.35. The fraction of sp³-hybridized carbons (Fsp3) is 0.720. The maximum Gasteiger partial charge on any atom is 0.243 e. The van der Waals surface area contributed by atoms with E-state index < -0.39 is 0 Å². The average Bonchev–Trinajstić information content (AvgIpc) is 3.52. The molecule has 2 unspecified atom stereocenters. The van der Waals surface area contributed by atoms with E-state index in [0.29, 0.717) is 16.5 Å². The van der Waals surface area contributed by atoms with Gasteiger partial charge in [-0.15, -0.1) is 15.3 Å². The number of anilines is 3. The third-order valence-electron chi connectivity index (χ3n) is 8.08. The summed E-state index contributed by atoms with van der Waals surface area (Å²) in [5, 5.41) is 24.7. The Bertz CT molecular complexity index is 998. The second-order valence-electron chi connectivity index (χ2n) is 11.3. The van der Waals surface area contributed by atoms with Crippen LogP contribution in [0.5, 0.6) is 0 Å². The molecule has 196 valence electrons. The van der Waals surface area contributed by atoms with Crippen molar-refractivity contribution in [1.82, 2.24) is 30.2 Å². The van der Waals surface area contributed by atoms with Gasteiger partial charge in [0.1, 0.15) is 0 Å². The van der Waals surface area contributed by atoms with Crippen LogP contribution in [-0.4, -0.2) is 94.5 Å². The van der Waals surface area contributed by atoms with Crippen LogP contribution in [0.2, 0.25) is 0 Å². The SMILES string of the molecule is CN1CCN(C(C(=O)Nc2nnc(NC3CCN(c4cccnn4)C3)s2)C2CCC(C)(C)CC2)CC1. The van der Waals surface area contributed by atoms with E-state index in [1.54, 1.807) is 6.20 Å². The maximum absolute atomic E-state index is 13.6. The summed E-state index contributed by atoms with van der Waals surface area (Å²) < 4.78 is 0. The van der Waals surface area contributed by atoms with Crippen LogP contribution in [0.25, 0.3) is 0 Å². The highest BCUT2D eigenvalue weighted by Crippen LogP contribution is 2.40. The van der Waals surface area contributed by atoms with Gasteiger partial charge in [0.05, 0.1) is 6.04 Å². The number of piperazine rings is 1. The number of likely N-dealkylation sites (N-methyl/N-ethyl adjacent to an activating group) is 1. The summed E-state index contributed by atoms with van der Waals surface area (Å²) in [6.07, 6.45) is 7.23. The molecule has 2 atom stereocenters. The van der Waals surface area contributed by atoms with Crippen LogP contribution in [0.4, 0.5) is 16.1 Å². The second kappa shape index (κ2) is 10.9. The molecule has 0 bridgehead atoms. The lowest BCUT2D eigenvalue weighted by Crippen LogP contribution is -2.56. The quantitative estimate of drug-likeness (QED) is 0.578. The zero-order valence-electron chi connectivity index (χ0n) is 21.7. The van der Waals surface area contributed by atoms with Crippen LogP contribution >= 0.6 is 11.3 Å². The van der Waals surface area contributed by atoms with E-state index in [9.17, 15) is 4.79 Å². The zero-order valence-corrected chi connectivity index (χ0v) is 22.5. The molecule has 0 spiro atoms. The summed E-state index contributed by atoms with van der Waals surface area (Å²) >= 11 is 1.42. The Labute approximate surface area is 217 Å². The van der Waals surface area contributed by atoms with Gasteiger partial charge in [-0.3, -0.25) is 15.0 Å². The van der Waals surface area contributed by atoms with E-state index >= 15 is 0 Å². The third kappa shape index (κ3) is 6.12. The number of hydrogen-bond acceptors (Lipinski definition) is 10. The van der Waals surface area contributed by atoms with Crippen LogP contribution in [-0.2, 0) is 4.79 Å². The van der Waals surface area contributed by atoms with Gasteiger partial charge in [0, 0.05) is 51.5 Å². The molecule has 2 aromatic heterocycles. The van der Waals surface area contributed by atoms with E-state index in [1.165, 1.54) is 24.2 Å². The van der Waals surface area contributed by atoms with Gasteiger partial charge in [-0.05, 0) is 62.6 Å². The molecule has 2 aromatic rings. The van der Waals surface area contributed by atoms with Gasteiger partial charge in [0.25, 0.3) is 0 Å². The van der Waals surface area contributed by atoms with E-state index in [2.05, 4.69) is 66.6 Å². The minimum atomic E-state index is -0.106. The molecule has 1 amide bonds. The van der Waals surface area contributed by atoms with Crippen molar-refractivity contribution in [2.75, 3.05) is 61.8 Å². The van der Waals surface area contributed by atoms with Crippen molar-refractivity contribution < 1.29 is 4.79 Å². The molecule has 3 aliphatic rings. The van der Waals surface area contributed by atoms with Crippen LogP contribution in [0.3, 0.4) is 0 Å². The number of aromatic nitrogens is 4. The second-order valence-corrected chi connectivity index (χ2v) is 12.3. The van der Waals surface area contributed by atoms with E-state index in [4.69, 9.17) is 0 Å². The molecular formula is C25H39N9OS. The Morgan fingerprint density at radius 2 is 1.81 bits per heavy atom. The standard InChI is InChI=1S/C25H39N9OS/c1-25(2)9-6-18(7-10-25)21(33-15-13-32(3)14-16-33)22(35)28-24-31-30-23(36-24)27-19-8-12-34(17-19)20-5-4-11-26-29-20/h4-5,11,18-19,21H,6-10,12-17H2,1-3H3,(H,27,30)(H,28,31,35). The number of nitrogens with one attached hydrogen (secondary N) is 2. The van der Waals surface area contributed by atoms with Crippen LogP contribution < -0.4 is 15.5 Å². The van der Waals surface area contributed by atoms with Gasteiger partial charge in [-0.2, -0.15) is 5.10 Å². The molecule has 3 fully saturated rings. The largest absolute Gasteiger partial charge is 0.355 e. The molecule has 10 nitrogen and oxygen atoms in total. The van der Waals surface area contributed by atoms with Gasteiger partial charge in [-0.25, -0.2) is 0 Å². The van der Waals surface area contributed by atoms with Gasteiger partial charge in [0.15, 0.2) is 5.82 Å². The van der Waals surface area contributed by atoms with E-state index in [1.807, 2.05) is 12.1 Å². The number of amides is 1. The third-order valence-corrected chi connectivity index (χ3v) is 8.85. The number of nitrogens with zero attached hydrogens (tertiary/aromatic N) is 7. The Balaban J connectivity index is 1.20. The Kier molecular flexibility index (Phi) is 7.68. The lowest BCUT2D eigenvalue weighted by atomic mass is 9.70. The lowest BCUT2D eigenvalue weighted by Gasteiger charge is -2.44. The fourth-order valence-electron chi connectivity index (χ4n) is 5.75. The van der Waals surface area contributed by atoms with Crippen LogP contribution in [0.1, 0.15) is 46.0 Å². The molecule has 0 aromatic carbocycles. The molecule has 0 radical (unpaired) electrons. The predicted molar refractivity (Wildman–Crippen MR) is 143 cm³/mol. The van der Waals surface area contributed by atoms with Gasteiger partial charge in [0.2, 0.25) is 16.2 Å². The van der Waals surface area contributed by atoms with Crippen molar-refractivity contribution in [2.45, 2.75) is 58.0 Å². The summed E-state index contributed by atoms with van der Waals surface area (Å²) in [6, 6.07) is 4.04. The number of carbonyl (C=O) groups excluding carboxylic acids is 1. The number of carbonyl (C=O) groups is 1. The topological polar surface area (TPSA) is 102 Å². The molecule has 1 aliphatic carbocycles. The molecule has 1 saturated carbocycles. The van der Waals surface area contributed by atoms with Gasteiger partial charge >= 0.3 is 0 Å². The molecule has 11 heteroatoms. The monoisotopic (exact) mass is 513 g/mol. The Morgan fingerprint density at radius 1 is 1.06 bits per heavy atom. The summed E-state index contributed by atoms with van der Waals surface area (Å²) in [4.78, 5) is 20.6. The highest BCUT2D eigenvalue weighted by atomic mass is 32.1. The minimum Gasteiger partial charge on any atom is -0.355 e. The first-order valence-electron chi connectivity index (χ1n) is 13.2. The normalized spacial score (nSPS) is 24.5. The predicted octanol–water partition coefficient (Wildman–Crippen LogP) is 2.79. The first-order valence-corrected chi connectivity index (χ1v) is 14.0. The minimum absolute atomic E-state index is 0.0710. The van der Waals surface area contributed by atoms with Crippen LogP contribution in [0.15, 0.2) is 18.3 Å². The number of hydrogen-bond donors (Lipinski definition) is 2. The molecule has 2 N–H and O–H groups in total. The highest BCUT2D eigenvalue weighted by Gasteiger charge is 2.39. The summed E-state index contributed by atoms with van der Waals surface area (Å²) in [7, 11) is 2.15. The zero-order chi connectivity index (χ0) is 25.1. The molecule has 5 rings (SSSR count). The van der Waals surface area contributed by atoms with Gasteiger partial charge in [-0.1, -0.05) is 25.2 Å².